The van der Waals surface area contributed by atoms with Crippen molar-refractivity contribution in [3.8, 4) is 21.6 Å². The average molecular weight is 499 g/mol. The molecule has 1 heterocycles. The molecular formula is C29H26N2O4S. The first-order valence-corrected chi connectivity index (χ1v) is 12.4. The van der Waals surface area contributed by atoms with E-state index in [9.17, 15) is 19.5 Å². The van der Waals surface area contributed by atoms with Crippen LogP contribution in [0.5, 0.6) is 0 Å². The predicted octanol–water partition coefficient (Wildman–Crippen LogP) is 5.44. The summed E-state index contributed by atoms with van der Waals surface area (Å²) in [5, 5.41) is 11.2. The number of carboxylic acid groups (broad SMARTS) is 1. The number of amides is 2. The number of carbonyl (C=O) groups is 3. The van der Waals surface area contributed by atoms with E-state index < -0.39 is 17.9 Å². The van der Waals surface area contributed by atoms with E-state index in [-0.39, 0.29) is 25.3 Å². The zero-order valence-corrected chi connectivity index (χ0v) is 20.4. The quantitative estimate of drug-likeness (QED) is 0.304. The second-order valence-electron chi connectivity index (χ2n) is 8.40. The van der Waals surface area contributed by atoms with Crippen LogP contribution in [-0.4, -0.2) is 33.8 Å². The summed E-state index contributed by atoms with van der Waals surface area (Å²) in [4.78, 5) is 39.8. The van der Waals surface area contributed by atoms with Gasteiger partial charge in [-0.25, -0.2) is 0 Å². The summed E-state index contributed by atoms with van der Waals surface area (Å²) in [6.45, 7) is 0.117. The Labute approximate surface area is 213 Å². The molecule has 4 rings (SSSR count). The molecule has 0 bridgehead atoms. The molecule has 0 spiro atoms. The Bertz CT molecular complexity index is 1340. The van der Waals surface area contributed by atoms with Crippen molar-refractivity contribution < 1.29 is 19.5 Å². The maximum Gasteiger partial charge on any atom is 0.303 e. The Hall–Kier alpha value is -4.23. The molecule has 1 atom stereocenters. The largest absolute Gasteiger partial charge is 0.481 e. The van der Waals surface area contributed by atoms with Crippen LogP contribution in [0.4, 0.5) is 0 Å². The highest BCUT2D eigenvalue weighted by Crippen LogP contribution is 2.27. The predicted molar refractivity (Wildman–Crippen MR) is 141 cm³/mol. The van der Waals surface area contributed by atoms with Crippen molar-refractivity contribution in [2.45, 2.75) is 25.4 Å². The second-order valence-corrected chi connectivity index (χ2v) is 9.35. The Morgan fingerprint density at radius 3 is 2.17 bits per heavy atom. The normalized spacial score (nSPS) is 11.6. The summed E-state index contributed by atoms with van der Waals surface area (Å²) in [5.41, 5.74) is 9.87. The molecule has 6 nitrogen and oxygen atoms in total. The number of hydrogen-bond donors (Lipinski definition) is 2. The van der Waals surface area contributed by atoms with E-state index in [4.69, 9.17) is 5.73 Å². The third-order valence-corrected chi connectivity index (χ3v) is 6.84. The molecule has 4 aromatic rings. The van der Waals surface area contributed by atoms with E-state index in [1.165, 1.54) is 4.90 Å². The van der Waals surface area contributed by atoms with Gasteiger partial charge in [-0.05, 0) is 58.3 Å². The molecule has 0 aliphatic rings. The minimum absolute atomic E-state index is 0.0663. The minimum atomic E-state index is -1.06. The van der Waals surface area contributed by atoms with Crippen LogP contribution in [0.1, 0.15) is 28.8 Å². The van der Waals surface area contributed by atoms with E-state index >= 15 is 0 Å². The zero-order chi connectivity index (χ0) is 25.5. The fourth-order valence-corrected chi connectivity index (χ4v) is 4.82. The zero-order valence-electron chi connectivity index (χ0n) is 19.5. The second kappa shape index (κ2) is 11.5. The van der Waals surface area contributed by atoms with Crippen LogP contribution < -0.4 is 5.73 Å². The first-order chi connectivity index (χ1) is 17.4. The van der Waals surface area contributed by atoms with Gasteiger partial charge in [-0.15, -0.1) is 11.3 Å². The van der Waals surface area contributed by atoms with E-state index in [0.717, 1.165) is 27.1 Å². The van der Waals surface area contributed by atoms with Crippen molar-refractivity contribution in [2.75, 3.05) is 0 Å². The van der Waals surface area contributed by atoms with Crippen LogP contribution in [0.2, 0.25) is 0 Å². The monoisotopic (exact) mass is 498 g/mol. The summed E-state index contributed by atoms with van der Waals surface area (Å²) in [6, 6.07) is 27.6. The molecule has 1 aromatic heterocycles. The summed E-state index contributed by atoms with van der Waals surface area (Å²) >= 11 is 1.61. The van der Waals surface area contributed by atoms with Crippen molar-refractivity contribution in [1.29, 1.82) is 0 Å². The molecule has 0 aliphatic heterocycles. The smallest absolute Gasteiger partial charge is 0.303 e. The number of thiophene rings is 1. The molecule has 3 N–H and O–H groups in total. The third kappa shape index (κ3) is 6.06. The van der Waals surface area contributed by atoms with Crippen LogP contribution in [0.25, 0.3) is 21.6 Å². The number of nitrogens with two attached hydrogens (primary N) is 1. The summed E-state index contributed by atoms with van der Waals surface area (Å²) in [6.07, 6.45) is -0.345. The lowest BCUT2D eigenvalue weighted by atomic mass is 10.0. The average Bonchev–Trinajstić information content (AvgIpc) is 3.43. The van der Waals surface area contributed by atoms with Gasteiger partial charge in [0.05, 0.1) is 0 Å². The molecule has 2 amide bonds. The number of primary amides is 1. The van der Waals surface area contributed by atoms with E-state index in [2.05, 4.69) is 0 Å². The van der Waals surface area contributed by atoms with Crippen molar-refractivity contribution in [3.05, 3.63) is 108 Å². The third-order valence-electron chi connectivity index (χ3n) is 5.92. The van der Waals surface area contributed by atoms with Gasteiger partial charge in [0.1, 0.15) is 6.04 Å². The fourth-order valence-electron chi connectivity index (χ4n) is 4.10. The highest BCUT2D eigenvalue weighted by Gasteiger charge is 2.30. The van der Waals surface area contributed by atoms with E-state index in [1.807, 2.05) is 84.2 Å². The van der Waals surface area contributed by atoms with Crippen LogP contribution in [-0.2, 0) is 16.1 Å². The van der Waals surface area contributed by atoms with Crippen molar-refractivity contribution in [2.24, 2.45) is 5.73 Å². The minimum Gasteiger partial charge on any atom is -0.481 e. The standard InChI is InChI=1S/C29H26N2O4S/c30-28(34)25(15-16-27(32)33)31(19-20-6-4-9-24(18-20)26-10-5-17-36-26)29(35)23-13-11-22(12-14-23)21-7-2-1-3-8-21/h1-14,17-18,25H,15-16,19H2,(H2,30,34)(H,32,33)/t25-/m0/s1. The number of carboxylic acids is 1. The van der Waals surface area contributed by atoms with Gasteiger partial charge in [0.15, 0.2) is 0 Å². The van der Waals surface area contributed by atoms with Gasteiger partial charge in [0.2, 0.25) is 5.91 Å². The molecule has 182 valence electrons. The topological polar surface area (TPSA) is 101 Å². The molecule has 0 radical (unpaired) electrons. The summed E-state index contributed by atoms with van der Waals surface area (Å²) < 4.78 is 0. The number of carbonyl (C=O) groups excluding carboxylic acids is 2. The van der Waals surface area contributed by atoms with Crippen LogP contribution in [0.3, 0.4) is 0 Å². The first-order valence-electron chi connectivity index (χ1n) is 11.5. The molecule has 36 heavy (non-hydrogen) atoms. The highest BCUT2D eigenvalue weighted by molar-refractivity contribution is 7.13. The highest BCUT2D eigenvalue weighted by atomic mass is 32.1. The van der Waals surface area contributed by atoms with Crippen LogP contribution in [0, 0.1) is 0 Å². The van der Waals surface area contributed by atoms with Gasteiger partial charge >= 0.3 is 5.97 Å². The summed E-state index contributed by atoms with van der Waals surface area (Å²) in [7, 11) is 0. The number of nitrogens with zero attached hydrogens (tertiary/aromatic N) is 1. The molecule has 0 aliphatic carbocycles. The maximum absolute atomic E-state index is 13.7. The van der Waals surface area contributed by atoms with Gasteiger partial charge < -0.3 is 15.7 Å². The number of benzene rings is 3. The molecule has 0 unspecified atom stereocenters. The van der Waals surface area contributed by atoms with Crippen molar-refractivity contribution in [3.63, 3.8) is 0 Å². The number of aliphatic carboxylic acids is 1. The van der Waals surface area contributed by atoms with Crippen LogP contribution in [0.15, 0.2) is 96.4 Å². The van der Waals surface area contributed by atoms with Gasteiger partial charge in [-0.1, -0.05) is 66.7 Å². The van der Waals surface area contributed by atoms with E-state index in [0.29, 0.717) is 5.56 Å². The Morgan fingerprint density at radius 1 is 0.833 bits per heavy atom. The van der Waals surface area contributed by atoms with Crippen molar-refractivity contribution >= 4 is 29.1 Å². The number of rotatable bonds is 10. The van der Waals surface area contributed by atoms with Gasteiger partial charge in [-0.2, -0.15) is 0 Å². The molecule has 0 saturated carbocycles. The molecule has 3 aromatic carbocycles. The lowest BCUT2D eigenvalue weighted by molar-refractivity contribution is -0.137. The van der Waals surface area contributed by atoms with Crippen LogP contribution >= 0.6 is 11.3 Å². The molecular weight excluding hydrogens is 472 g/mol. The Balaban J connectivity index is 1.65. The summed E-state index contributed by atoms with van der Waals surface area (Å²) in [5.74, 6) is -2.18. The van der Waals surface area contributed by atoms with E-state index in [1.54, 1.807) is 23.5 Å². The maximum atomic E-state index is 13.7. The lowest BCUT2D eigenvalue weighted by Gasteiger charge is -2.30. The fraction of sp³-hybridized carbons (Fsp3) is 0.138. The first kappa shape index (κ1) is 24.9. The SMILES string of the molecule is NC(=O)[C@H](CCC(=O)O)N(Cc1cccc(-c2cccs2)c1)C(=O)c1ccc(-c2ccccc2)cc1. The Morgan fingerprint density at radius 2 is 1.53 bits per heavy atom. The van der Waals surface area contributed by atoms with Gasteiger partial charge in [0.25, 0.3) is 5.91 Å². The lowest BCUT2D eigenvalue weighted by Crippen LogP contribution is -2.47. The van der Waals surface area contributed by atoms with Crippen molar-refractivity contribution in [1.82, 2.24) is 4.90 Å². The molecule has 0 fully saturated rings. The molecule has 0 saturated heterocycles. The number of hydrogen-bond acceptors (Lipinski definition) is 4. The molecule has 7 heteroatoms. The van der Waals surface area contributed by atoms with Gasteiger partial charge in [0, 0.05) is 23.4 Å². The Kier molecular flexibility index (Phi) is 7.92. The van der Waals surface area contributed by atoms with Gasteiger partial charge in [-0.3, -0.25) is 14.4 Å².